The molecule has 0 radical (unpaired) electrons. The molecule has 2 aromatic carbocycles. The number of hydrazone groups is 1. The lowest BCUT2D eigenvalue weighted by Gasteiger charge is -2.33. The maximum atomic E-state index is 10.1. The Morgan fingerprint density at radius 2 is 1.84 bits per heavy atom. The fourth-order valence-corrected chi connectivity index (χ4v) is 2.89. The molecule has 0 unspecified atom stereocenters. The summed E-state index contributed by atoms with van der Waals surface area (Å²) in [6.45, 7) is 7.24. The fourth-order valence-electron chi connectivity index (χ4n) is 2.89. The molecule has 1 fully saturated rings. The second-order valence-corrected chi connectivity index (χ2v) is 6.11. The SMILES string of the molecule is CCOc1ccc(/C=N\N2CCN(Cc3ccccc3)CC2)c(O)c1. The average Bonchev–Trinajstić information content (AvgIpc) is 2.63. The largest absolute Gasteiger partial charge is 0.507 e. The summed E-state index contributed by atoms with van der Waals surface area (Å²) in [6, 6.07) is 15.9. The number of rotatable bonds is 6. The van der Waals surface area contributed by atoms with Crippen LogP contribution >= 0.6 is 0 Å². The first-order valence-corrected chi connectivity index (χ1v) is 8.75. The van der Waals surface area contributed by atoms with Crippen LogP contribution in [0.3, 0.4) is 0 Å². The molecule has 0 aromatic heterocycles. The number of phenolic OH excluding ortho intramolecular Hbond substituents is 1. The second kappa shape index (κ2) is 8.53. The van der Waals surface area contributed by atoms with Crippen molar-refractivity contribution in [1.82, 2.24) is 9.91 Å². The van der Waals surface area contributed by atoms with Gasteiger partial charge in [0, 0.05) is 44.4 Å². The Balaban J connectivity index is 1.51. The second-order valence-electron chi connectivity index (χ2n) is 6.11. The minimum Gasteiger partial charge on any atom is -0.507 e. The van der Waals surface area contributed by atoms with Gasteiger partial charge in [-0.3, -0.25) is 9.91 Å². The van der Waals surface area contributed by atoms with E-state index < -0.39 is 0 Å². The molecule has 5 heteroatoms. The van der Waals surface area contributed by atoms with Crippen molar-refractivity contribution in [3.8, 4) is 11.5 Å². The van der Waals surface area contributed by atoms with E-state index in [-0.39, 0.29) is 5.75 Å². The highest BCUT2D eigenvalue weighted by molar-refractivity contribution is 5.83. The van der Waals surface area contributed by atoms with Crippen LogP contribution in [0.1, 0.15) is 18.1 Å². The summed E-state index contributed by atoms with van der Waals surface area (Å²) in [7, 11) is 0. The molecule has 0 amide bonds. The Hall–Kier alpha value is -2.53. The quantitative estimate of drug-likeness (QED) is 0.822. The van der Waals surface area contributed by atoms with Crippen LogP contribution in [0.25, 0.3) is 0 Å². The molecule has 1 heterocycles. The Morgan fingerprint density at radius 3 is 2.52 bits per heavy atom. The molecule has 0 aliphatic carbocycles. The van der Waals surface area contributed by atoms with Crippen molar-refractivity contribution >= 4 is 6.21 Å². The van der Waals surface area contributed by atoms with E-state index in [2.05, 4.69) is 39.3 Å². The minimum absolute atomic E-state index is 0.192. The normalized spacial score (nSPS) is 15.6. The van der Waals surface area contributed by atoms with Crippen molar-refractivity contribution in [3.63, 3.8) is 0 Å². The van der Waals surface area contributed by atoms with E-state index in [1.165, 1.54) is 5.56 Å². The molecule has 1 saturated heterocycles. The van der Waals surface area contributed by atoms with Crippen LogP contribution < -0.4 is 4.74 Å². The molecule has 5 nitrogen and oxygen atoms in total. The first-order valence-electron chi connectivity index (χ1n) is 8.75. The van der Waals surface area contributed by atoms with Gasteiger partial charge in [0.2, 0.25) is 0 Å². The third-order valence-electron chi connectivity index (χ3n) is 4.27. The number of phenols is 1. The Bertz CT molecular complexity index is 695. The number of aromatic hydroxyl groups is 1. The van der Waals surface area contributed by atoms with E-state index in [4.69, 9.17) is 4.74 Å². The fraction of sp³-hybridized carbons (Fsp3) is 0.350. The van der Waals surface area contributed by atoms with Crippen molar-refractivity contribution in [1.29, 1.82) is 0 Å². The molecule has 0 bridgehead atoms. The van der Waals surface area contributed by atoms with Crippen LogP contribution in [0.5, 0.6) is 11.5 Å². The van der Waals surface area contributed by atoms with Gasteiger partial charge in [0.1, 0.15) is 11.5 Å². The molecule has 1 aliphatic rings. The highest BCUT2D eigenvalue weighted by Gasteiger charge is 2.15. The molecule has 0 spiro atoms. The molecule has 0 atom stereocenters. The van der Waals surface area contributed by atoms with E-state index in [9.17, 15) is 5.11 Å². The molecule has 25 heavy (non-hydrogen) atoms. The molecule has 1 N–H and O–H groups in total. The zero-order valence-electron chi connectivity index (χ0n) is 14.6. The van der Waals surface area contributed by atoms with Crippen molar-refractivity contribution in [2.24, 2.45) is 5.10 Å². The first kappa shape index (κ1) is 17.3. The maximum Gasteiger partial charge on any atom is 0.128 e. The number of hydrogen-bond donors (Lipinski definition) is 1. The lowest BCUT2D eigenvalue weighted by Crippen LogP contribution is -2.43. The summed E-state index contributed by atoms with van der Waals surface area (Å²) in [6.07, 6.45) is 1.72. The predicted octanol–water partition coefficient (Wildman–Crippen LogP) is 2.94. The summed E-state index contributed by atoms with van der Waals surface area (Å²) >= 11 is 0. The first-order chi connectivity index (χ1) is 12.2. The summed E-state index contributed by atoms with van der Waals surface area (Å²) in [5, 5.41) is 16.6. The van der Waals surface area contributed by atoms with Gasteiger partial charge in [0.05, 0.1) is 12.8 Å². The van der Waals surface area contributed by atoms with Crippen molar-refractivity contribution < 1.29 is 9.84 Å². The third kappa shape index (κ3) is 4.97. The van der Waals surface area contributed by atoms with Gasteiger partial charge in [0.25, 0.3) is 0 Å². The molecule has 132 valence electrons. The van der Waals surface area contributed by atoms with Crippen LogP contribution in [0.15, 0.2) is 53.6 Å². The van der Waals surface area contributed by atoms with Gasteiger partial charge in [0.15, 0.2) is 0 Å². The number of nitrogens with zero attached hydrogens (tertiary/aromatic N) is 3. The van der Waals surface area contributed by atoms with Gasteiger partial charge in [-0.1, -0.05) is 30.3 Å². The van der Waals surface area contributed by atoms with Gasteiger partial charge in [-0.25, -0.2) is 0 Å². The Labute approximate surface area is 149 Å². The molecular formula is C20H25N3O2. The zero-order valence-corrected chi connectivity index (χ0v) is 14.6. The topological polar surface area (TPSA) is 48.3 Å². The molecule has 2 aromatic rings. The highest BCUT2D eigenvalue weighted by atomic mass is 16.5. The number of benzene rings is 2. The van der Waals surface area contributed by atoms with Gasteiger partial charge < -0.3 is 9.84 Å². The third-order valence-corrected chi connectivity index (χ3v) is 4.27. The van der Waals surface area contributed by atoms with Gasteiger partial charge in [-0.2, -0.15) is 5.10 Å². The van der Waals surface area contributed by atoms with Crippen LogP contribution in [-0.4, -0.2) is 54.0 Å². The predicted molar refractivity (Wildman–Crippen MR) is 100 cm³/mol. The molecular weight excluding hydrogens is 314 g/mol. The zero-order chi connectivity index (χ0) is 17.5. The van der Waals surface area contributed by atoms with Crippen molar-refractivity contribution in [2.45, 2.75) is 13.5 Å². The van der Waals surface area contributed by atoms with Crippen LogP contribution in [-0.2, 0) is 6.54 Å². The van der Waals surface area contributed by atoms with Gasteiger partial charge >= 0.3 is 0 Å². The van der Waals surface area contributed by atoms with Crippen LogP contribution in [0, 0.1) is 0 Å². The van der Waals surface area contributed by atoms with E-state index in [0.29, 0.717) is 17.9 Å². The lowest BCUT2D eigenvalue weighted by molar-refractivity contribution is 0.131. The minimum atomic E-state index is 0.192. The Morgan fingerprint density at radius 1 is 1.08 bits per heavy atom. The maximum absolute atomic E-state index is 10.1. The van der Waals surface area contributed by atoms with Gasteiger partial charge in [-0.05, 0) is 24.6 Å². The number of ether oxygens (including phenoxy) is 1. The number of hydrogen-bond acceptors (Lipinski definition) is 5. The highest BCUT2D eigenvalue weighted by Crippen LogP contribution is 2.22. The summed E-state index contributed by atoms with van der Waals surface area (Å²) < 4.78 is 5.38. The summed E-state index contributed by atoms with van der Waals surface area (Å²) in [5.41, 5.74) is 2.05. The molecule has 3 rings (SSSR count). The van der Waals surface area contributed by atoms with Crippen LogP contribution in [0.4, 0.5) is 0 Å². The molecule has 1 aliphatic heterocycles. The van der Waals surface area contributed by atoms with E-state index in [1.807, 2.05) is 25.1 Å². The van der Waals surface area contributed by atoms with Gasteiger partial charge in [-0.15, -0.1) is 0 Å². The van der Waals surface area contributed by atoms with E-state index in [0.717, 1.165) is 32.7 Å². The summed E-state index contributed by atoms with van der Waals surface area (Å²) in [4.78, 5) is 2.44. The van der Waals surface area contributed by atoms with Crippen LogP contribution in [0.2, 0.25) is 0 Å². The van der Waals surface area contributed by atoms with E-state index >= 15 is 0 Å². The summed E-state index contributed by atoms with van der Waals surface area (Å²) in [5.74, 6) is 0.865. The smallest absolute Gasteiger partial charge is 0.128 e. The number of piperazine rings is 1. The van der Waals surface area contributed by atoms with E-state index in [1.54, 1.807) is 12.3 Å². The molecule has 0 saturated carbocycles. The monoisotopic (exact) mass is 339 g/mol. The van der Waals surface area contributed by atoms with Crippen molar-refractivity contribution in [3.05, 3.63) is 59.7 Å². The van der Waals surface area contributed by atoms with Crippen molar-refractivity contribution in [2.75, 3.05) is 32.8 Å². The Kier molecular flexibility index (Phi) is 5.90. The standard InChI is InChI=1S/C20H25N3O2/c1-2-25-19-9-8-18(20(24)14-19)15-21-23-12-10-22(11-13-23)16-17-6-4-3-5-7-17/h3-9,14-15,24H,2,10-13,16H2,1H3/b21-15-. The lowest BCUT2D eigenvalue weighted by atomic mass is 10.2. The average molecular weight is 339 g/mol.